The molecule has 1 fully saturated rings. The molecule has 1 aliphatic carbocycles. The highest BCUT2D eigenvalue weighted by Crippen LogP contribution is 2.27. The van der Waals surface area contributed by atoms with Crippen molar-refractivity contribution in [2.45, 2.75) is 57.4 Å². The second-order valence-corrected chi connectivity index (χ2v) is 5.10. The molecule has 0 spiro atoms. The van der Waals surface area contributed by atoms with Gasteiger partial charge in [0, 0.05) is 6.42 Å². The Morgan fingerprint density at radius 3 is 2.26 bits per heavy atom. The first-order chi connectivity index (χ1) is 8.99. The van der Waals surface area contributed by atoms with Crippen molar-refractivity contribution in [3.8, 4) is 0 Å². The highest BCUT2D eigenvalue weighted by atomic mass is 16.4. The predicted molar refractivity (Wildman–Crippen MR) is 67.6 cm³/mol. The lowest BCUT2D eigenvalue weighted by Gasteiger charge is -2.21. The van der Waals surface area contributed by atoms with Crippen molar-refractivity contribution in [1.29, 1.82) is 0 Å². The third kappa shape index (κ3) is 6.22. The molecule has 0 aromatic heterocycles. The summed E-state index contributed by atoms with van der Waals surface area (Å²) in [6, 6.07) is -1.34. The van der Waals surface area contributed by atoms with Crippen molar-refractivity contribution < 1.29 is 24.6 Å². The van der Waals surface area contributed by atoms with Crippen LogP contribution in [0.5, 0.6) is 0 Å². The number of rotatable bonds is 7. The number of carboxylic acid groups (broad SMARTS) is 2. The van der Waals surface area contributed by atoms with Crippen molar-refractivity contribution in [3.05, 3.63) is 0 Å². The molecule has 1 amide bonds. The average molecular weight is 271 g/mol. The van der Waals surface area contributed by atoms with E-state index >= 15 is 0 Å². The largest absolute Gasteiger partial charge is 0.481 e. The molecular formula is C13H21NO5. The normalized spacial score (nSPS) is 17.7. The lowest BCUT2D eigenvalue weighted by molar-refractivity contribution is -0.147. The molecule has 6 heteroatoms. The van der Waals surface area contributed by atoms with Gasteiger partial charge in [0.05, 0.1) is 6.42 Å². The van der Waals surface area contributed by atoms with E-state index in [1.54, 1.807) is 0 Å². The number of aliphatic carboxylic acids is 2. The molecule has 0 unspecified atom stereocenters. The van der Waals surface area contributed by atoms with Crippen LogP contribution in [0.25, 0.3) is 0 Å². The van der Waals surface area contributed by atoms with E-state index in [1.165, 1.54) is 19.3 Å². The zero-order valence-electron chi connectivity index (χ0n) is 10.9. The van der Waals surface area contributed by atoms with E-state index in [9.17, 15) is 14.4 Å². The summed E-state index contributed by atoms with van der Waals surface area (Å²) in [5.41, 5.74) is 0. The van der Waals surface area contributed by atoms with Gasteiger partial charge in [-0.05, 0) is 12.3 Å². The standard InChI is InChI=1S/C13H21NO5/c15-11(7-6-9-4-2-1-3-5-9)14-10(13(18)19)8-12(16)17/h9-10H,1-8H2,(H,14,15)(H,16,17)(H,18,19)/t10-/m1/s1. The van der Waals surface area contributed by atoms with E-state index in [1.807, 2.05) is 0 Å². The van der Waals surface area contributed by atoms with Crippen LogP contribution in [0.1, 0.15) is 51.4 Å². The lowest BCUT2D eigenvalue weighted by atomic mass is 9.86. The summed E-state index contributed by atoms with van der Waals surface area (Å²) in [4.78, 5) is 32.9. The smallest absolute Gasteiger partial charge is 0.326 e. The van der Waals surface area contributed by atoms with Crippen LogP contribution in [-0.2, 0) is 14.4 Å². The molecule has 0 aliphatic heterocycles. The number of carbonyl (C=O) groups is 3. The Morgan fingerprint density at radius 1 is 1.11 bits per heavy atom. The maximum atomic E-state index is 11.6. The van der Waals surface area contributed by atoms with Crippen molar-refractivity contribution in [1.82, 2.24) is 5.32 Å². The maximum absolute atomic E-state index is 11.6. The Hall–Kier alpha value is -1.59. The number of amides is 1. The van der Waals surface area contributed by atoms with Gasteiger partial charge in [-0.15, -0.1) is 0 Å². The van der Waals surface area contributed by atoms with Crippen LogP contribution in [-0.4, -0.2) is 34.1 Å². The van der Waals surface area contributed by atoms with E-state index in [4.69, 9.17) is 10.2 Å². The van der Waals surface area contributed by atoms with E-state index < -0.39 is 24.4 Å². The molecule has 1 aliphatic rings. The molecule has 1 rings (SSSR count). The molecule has 3 N–H and O–H groups in total. The van der Waals surface area contributed by atoms with Crippen molar-refractivity contribution in [2.24, 2.45) is 5.92 Å². The van der Waals surface area contributed by atoms with Crippen molar-refractivity contribution in [2.75, 3.05) is 0 Å². The molecule has 1 atom stereocenters. The van der Waals surface area contributed by atoms with Gasteiger partial charge in [0.25, 0.3) is 0 Å². The number of hydrogen-bond donors (Lipinski definition) is 3. The lowest BCUT2D eigenvalue weighted by Crippen LogP contribution is -2.42. The summed E-state index contributed by atoms with van der Waals surface area (Å²) in [5.74, 6) is -2.38. The average Bonchev–Trinajstić information content (AvgIpc) is 2.36. The fourth-order valence-electron chi connectivity index (χ4n) is 2.45. The van der Waals surface area contributed by atoms with Gasteiger partial charge in [0.15, 0.2) is 0 Å². The van der Waals surface area contributed by atoms with E-state index in [0.29, 0.717) is 5.92 Å². The molecule has 108 valence electrons. The molecule has 0 heterocycles. The molecular weight excluding hydrogens is 250 g/mol. The zero-order valence-corrected chi connectivity index (χ0v) is 10.9. The van der Waals surface area contributed by atoms with E-state index in [0.717, 1.165) is 19.3 Å². The summed E-state index contributed by atoms with van der Waals surface area (Å²) in [6.45, 7) is 0. The molecule has 0 bridgehead atoms. The molecule has 6 nitrogen and oxygen atoms in total. The Balaban J connectivity index is 2.31. The number of nitrogens with one attached hydrogen (secondary N) is 1. The number of carboxylic acids is 2. The summed E-state index contributed by atoms with van der Waals surface area (Å²) in [7, 11) is 0. The zero-order chi connectivity index (χ0) is 14.3. The minimum absolute atomic E-state index is 0.272. The van der Waals surface area contributed by atoms with Gasteiger partial charge in [-0.2, -0.15) is 0 Å². The van der Waals surface area contributed by atoms with E-state index in [-0.39, 0.29) is 12.3 Å². The maximum Gasteiger partial charge on any atom is 0.326 e. The fourth-order valence-corrected chi connectivity index (χ4v) is 2.45. The van der Waals surface area contributed by atoms with Crippen LogP contribution in [0.3, 0.4) is 0 Å². The van der Waals surface area contributed by atoms with Crippen molar-refractivity contribution in [3.63, 3.8) is 0 Å². The predicted octanol–water partition coefficient (Wildman–Crippen LogP) is 1.39. The van der Waals surface area contributed by atoms with Gasteiger partial charge in [-0.25, -0.2) is 4.79 Å². The van der Waals surface area contributed by atoms with Crippen LogP contribution in [0.15, 0.2) is 0 Å². The second kappa shape index (κ2) is 7.76. The first-order valence-corrected chi connectivity index (χ1v) is 6.73. The van der Waals surface area contributed by atoms with Crippen LogP contribution in [0.4, 0.5) is 0 Å². The van der Waals surface area contributed by atoms with Gasteiger partial charge in [-0.3, -0.25) is 9.59 Å². The van der Waals surface area contributed by atoms with Gasteiger partial charge in [0.2, 0.25) is 5.91 Å². The topological polar surface area (TPSA) is 104 Å². The monoisotopic (exact) mass is 271 g/mol. The minimum atomic E-state index is -1.34. The molecule has 0 aromatic rings. The molecule has 19 heavy (non-hydrogen) atoms. The third-order valence-electron chi connectivity index (χ3n) is 3.52. The highest BCUT2D eigenvalue weighted by molar-refractivity contribution is 5.86. The summed E-state index contributed by atoms with van der Waals surface area (Å²) in [6.07, 6.45) is 6.34. The van der Waals surface area contributed by atoms with Crippen LogP contribution in [0, 0.1) is 5.92 Å². The molecule has 1 saturated carbocycles. The molecule has 0 saturated heterocycles. The SMILES string of the molecule is O=C(O)C[C@@H](NC(=O)CCC1CCCCC1)C(=O)O. The Bertz CT molecular complexity index is 336. The Labute approximate surface area is 112 Å². The molecule has 0 radical (unpaired) electrons. The summed E-state index contributed by atoms with van der Waals surface area (Å²) < 4.78 is 0. The number of carbonyl (C=O) groups excluding carboxylic acids is 1. The Morgan fingerprint density at radius 2 is 1.74 bits per heavy atom. The fraction of sp³-hybridized carbons (Fsp3) is 0.769. The summed E-state index contributed by atoms with van der Waals surface area (Å²) >= 11 is 0. The van der Waals surface area contributed by atoms with Crippen LogP contribution >= 0.6 is 0 Å². The highest BCUT2D eigenvalue weighted by Gasteiger charge is 2.23. The minimum Gasteiger partial charge on any atom is -0.481 e. The first-order valence-electron chi connectivity index (χ1n) is 6.73. The molecule has 0 aromatic carbocycles. The first kappa shape index (κ1) is 15.5. The Kier molecular flexibility index (Phi) is 6.32. The van der Waals surface area contributed by atoms with Gasteiger partial charge < -0.3 is 15.5 Å². The summed E-state index contributed by atoms with van der Waals surface area (Å²) in [5, 5.41) is 19.6. The van der Waals surface area contributed by atoms with Crippen LogP contribution < -0.4 is 5.32 Å². The quantitative estimate of drug-likeness (QED) is 0.649. The van der Waals surface area contributed by atoms with Crippen LogP contribution in [0.2, 0.25) is 0 Å². The van der Waals surface area contributed by atoms with Gasteiger partial charge >= 0.3 is 11.9 Å². The van der Waals surface area contributed by atoms with Gasteiger partial charge in [0.1, 0.15) is 6.04 Å². The van der Waals surface area contributed by atoms with Gasteiger partial charge in [-0.1, -0.05) is 32.1 Å². The second-order valence-electron chi connectivity index (χ2n) is 5.10. The van der Waals surface area contributed by atoms with Crippen molar-refractivity contribution >= 4 is 17.8 Å². The number of hydrogen-bond acceptors (Lipinski definition) is 3. The third-order valence-corrected chi connectivity index (χ3v) is 3.52. The van der Waals surface area contributed by atoms with E-state index in [2.05, 4.69) is 5.32 Å².